The molecule has 6 aromatic rings. The van der Waals surface area contributed by atoms with E-state index in [4.69, 9.17) is 0 Å². The van der Waals surface area contributed by atoms with Gasteiger partial charge in [0.05, 0.1) is 11.1 Å². The summed E-state index contributed by atoms with van der Waals surface area (Å²) in [5.74, 6) is 0. The number of anilines is 1. The summed E-state index contributed by atoms with van der Waals surface area (Å²) in [7, 11) is 0. The Labute approximate surface area is 218 Å². The molecule has 4 aromatic carbocycles. The van der Waals surface area contributed by atoms with Crippen molar-refractivity contribution in [3.8, 4) is 22.3 Å². The summed E-state index contributed by atoms with van der Waals surface area (Å²) in [5, 5.41) is 5.16. The molecular weight excluding hydrogens is 483 g/mol. The Balaban J connectivity index is 1.47. The molecule has 0 bridgehead atoms. The number of nitrogens with one attached hydrogen (secondary N) is 2. The molecule has 0 aliphatic rings. The molecule has 1 atom stereocenters. The second-order valence-corrected chi connectivity index (χ2v) is 9.38. The maximum absolute atomic E-state index is 13.9. The Morgan fingerprint density at radius 2 is 1.61 bits per heavy atom. The fourth-order valence-corrected chi connectivity index (χ4v) is 5.04. The highest BCUT2D eigenvalue weighted by molar-refractivity contribution is 6.03. The van der Waals surface area contributed by atoms with Crippen LogP contribution in [0.2, 0.25) is 0 Å². The van der Waals surface area contributed by atoms with E-state index in [-0.39, 0.29) is 11.6 Å². The molecule has 38 heavy (non-hydrogen) atoms. The fraction of sp³-hybridized carbons (Fsp3) is 0.0938. The third-order valence-electron chi connectivity index (χ3n) is 6.90. The van der Waals surface area contributed by atoms with Crippen LogP contribution in [0.5, 0.6) is 0 Å². The van der Waals surface area contributed by atoms with E-state index in [0.29, 0.717) is 5.39 Å². The van der Waals surface area contributed by atoms with E-state index in [9.17, 15) is 13.2 Å². The van der Waals surface area contributed by atoms with Crippen molar-refractivity contribution >= 4 is 27.5 Å². The predicted molar refractivity (Wildman–Crippen MR) is 148 cm³/mol. The number of pyridine rings is 1. The van der Waals surface area contributed by atoms with Crippen LogP contribution in [0, 0.1) is 0 Å². The second-order valence-electron chi connectivity index (χ2n) is 9.38. The SMILES string of the molecule is CC(Nc1cccc(-c2c(-c3ccccc3)cnc3c(C(F)(F)F)cccc23)c1)c1ccc2[nH]ccc2c1. The summed E-state index contributed by atoms with van der Waals surface area (Å²) in [6, 6.07) is 30.1. The number of rotatable bonds is 5. The number of H-pyrrole nitrogens is 1. The van der Waals surface area contributed by atoms with Gasteiger partial charge in [0.15, 0.2) is 0 Å². The Hall–Kier alpha value is -4.58. The van der Waals surface area contributed by atoms with Gasteiger partial charge in [-0.05, 0) is 65.4 Å². The zero-order valence-corrected chi connectivity index (χ0v) is 20.6. The lowest BCUT2D eigenvalue weighted by molar-refractivity contribution is -0.136. The highest BCUT2D eigenvalue weighted by Crippen LogP contribution is 2.42. The summed E-state index contributed by atoms with van der Waals surface area (Å²) in [5.41, 5.74) is 5.50. The molecule has 0 saturated heterocycles. The molecular formula is C32H24F3N3. The highest BCUT2D eigenvalue weighted by atomic mass is 19.4. The van der Waals surface area contributed by atoms with Gasteiger partial charge in [-0.25, -0.2) is 0 Å². The number of alkyl halides is 3. The van der Waals surface area contributed by atoms with Crippen molar-refractivity contribution in [2.75, 3.05) is 5.32 Å². The lowest BCUT2D eigenvalue weighted by Crippen LogP contribution is -2.07. The molecule has 6 heteroatoms. The van der Waals surface area contributed by atoms with Gasteiger partial charge in [0.2, 0.25) is 0 Å². The maximum atomic E-state index is 13.9. The first-order valence-corrected chi connectivity index (χ1v) is 12.4. The third kappa shape index (κ3) is 4.39. The molecule has 188 valence electrons. The summed E-state index contributed by atoms with van der Waals surface area (Å²) in [4.78, 5) is 7.51. The standard InChI is InChI=1S/C32H24F3N3/c1-20(22-13-14-29-23(17-22)15-16-36-29)38-25-10-5-9-24(18-25)30-26-11-6-12-28(32(33,34)35)31(26)37-19-27(30)21-7-3-2-4-8-21/h2-20,36,38H,1H3. The molecule has 0 radical (unpaired) electrons. The molecule has 2 N–H and O–H groups in total. The van der Waals surface area contributed by atoms with Gasteiger partial charge in [0.1, 0.15) is 0 Å². The van der Waals surface area contributed by atoms with Crippen LogP contribution < -0.4 is 5.32 Å². The van der Waals surface area contributed by atoms with E-state index in [0.717, 1.165) is 50.5 Å². The zero-order valence-electron chi connectivity index (χ0n) is 20.6. The number of para-hydroxylation sites is 1. The van der Waals surface area contributed by atoms with Crippen molar-refractivity contribution in [2.45, 2.75) is 19.1 Å². The van der Waals surface area contributed by atoms with Crippen molar-refractivity contribution in [3.05, 3.63) is 121 Å². The Kier molecular flexibility index (Phi) is 5.87. The molecule has 2 heterocycles. The minimum atomic E-state index is -4.50. The van der Waals surface area contributed by atoms with Gasteiger partial charge in [0, 0.05) is 46.2 Å². The zero-order chi connectivity index (χ0) is 26.3. The minimum Gasteiger partial charge on any atom is -0.379 e. The lowest BCUT2D eigenvalue weighted by Gasteiger charge is -2.19. The van der Waals surface area contributed by atoms with E-state index in [1.165, 1.54) is 6.07 Å². The maximum Gasteiger partial charge on any atom is 0.418 e. The number of fused-ring (bicyclic) bond motifs is 2. The Morgan fingerprint density at radius 3 is 2.42 bits per heavy atom. The summed E-state index contributed by atoms with van der Waals surface area (Å²) < 4.78 is 41.6. The molecule has 0 amide bonds. The van der Waals surface area contributed by atoms with Crippen molar-refractivity contribution < 1.29 is 13.2 Å². The van der Waals surface area contributed by atoms with Gasteiger partial charge in [-0.15, -0.1) is 0 Å². The van der Waals surface area contributed by atoms with E-state index in [1.54, 1.807) is 12.3 Å². The quantitative estimate of drug-likeness (QED) is 0.244. The molecule has 2 aromatic heterocycles. The number of aromatic amines is 1. The van der Waals surface area contributed by atoms with Crippen LogP contribution in [0.25, 0.3) is 44.1 Å². The second kappa shape index (κ2) is 9.38. The van der Waals surface area contributed by atoms with Crippen molar-refractivity contribution in [1.29, 1.82) is 0 Å². The van der Waals surface area contributed by atoms with Crippen LogP contribution in [0.3, 0.4) is 0 Å². The number of hydrogen-bond donors (Lipinski definition) is 2. The largest absolute Gasteiger partial charge is 0.418 e. The van der Waals surface area contributed by atoms with Gasteiger partial charge >= 0.3 is 6.18 Å². The van der Waals surface area contributed by atoms with Gasteiger partial charge < -0.3 is 10.3 Å². The minimum absolute atomic E-state index is 0.0177. The van der Waals surface area contributed by atoms with E-state index in [2.05, 4.69) is 40.4 Å². The molecule has 0 aliphatic heterocycles. The molecule has 1 unspecified atom stereocenters. The van der Waals surface area contributed by atoms with Crippen LogP contribution in [-0.4, -0.2) is 9.97 Å². The Bertz CT molecular complexity index is 1750. The van der Waals surface area contributed by atoms with E-state index in [1.807, 2.05) is 66.9 Å². The first-order valence-electron chi connectivity index (χ1n) is 12.4. The van der Waals surface area contributed by atoms with E-state index < -0.39 is 11.7 Å². The molecule has 0 saturated carbocycles. The summed E-state index contributed by atoms with van der Waals surface area (Å²) in [6.07, 6.45) is -1.03. The number of halogens is 3. The lowest BCUT2D eigenvalue weighted by atomic mass is 9.91. The van der Waals surface area contributed by atoms with Gasteiger partial charge in [-0.1, -0.05) is 60.7 Å². The monoisotopic (exact) mass is 507 g/mol. The third-order valence-corrected chi connectivity index (χ3v) is 6.90. The average molecular weight is 508 g/mol. The first kappa shape index (κ1) is 23.8. The van der Waals surface area contributed by atoms with Gasteiger partial charge in [-0.3, -0.25) is 4.98 Å². The molecule has 0 fully saturated rings. The first-order chi connectivity index (χ1) is 18.4. The normalized spacial score (nSPS) is 12.6. The van der Waals surface area contributed by atoms with Gasteiger partial charge in [0.25, 0.3) is 0 Å². The molecule has 0 aliphatic carbocycles. The summed E-state index contributed by atoms with van der Waals surface area (Å²) >= 11 is 0. The van der Waals surface area contributed by atoms with Gasteiger partial charge in [-0.2, -0.15) is 13.2 Å². The van der Waals surface area contributed by atoms with Crippen LogP contribution in [-0.2, 0) is 6.18 Å². The van der Waals surface area contributed by atoms with Crippen LogP contribution >= 0.6 is 0 Å². The smallest absolute Gasteiger partial charge is 0.379 e. The van der Waals surface area contributed by atoms with Crippen LogP contribution in [0.1, 0.15) is 24.1 Å². The molecule has 3 nitrogen and oxygen atoms in total. The summed E-state index contributed by atoms with van der Waals surface area (Å²) in [6.45, 7) is 2.09. The molecule has 0 spiro atoms. The number of nitrogens with zero attached hydrogens (tertiary/aromatic N) is 1. The van der Waals surface area contributed by atoms with Crippen molar-refractivity contribution in [1.82, 2.24) is 9.97 Å². The average Bonchev–Trinajstić information content (AvgIpc) is 3.40. The van der Waals surface area contributed by atoms with Crippen molar-refractivity contribution in [3.63, 3.8) is 0 Å². The molecule has 6 rings (SSSR count). The predicted octanol–water partition coefficient (Wildman–Crippen LogP) is 9.24. The topological polar surface area (TPSA) is 40.7 Å². The van der Waals surface area contributed by atoms with Crippen LogP contribution in [0.15, 0.2) is 109 Å². The van der Waals surface area contributed by atoms with Crippen molar-refractivity contribution in [2.24, 2.45) is 0 Å². The number of hydrogen-bond acceptors (Lipinski definition) is 2. The number of aromatic nitrogens is 2. The van der Waals surface area contributed by atoms with E-state index >= 15 is 0 Å². The van der Waals surface area contributed by atoms with Crippen LogP contribution in [0.4, 0.5) is 18.9 Å². The number of benzene rings is 4. The Morgan fingerprint density at radius 1 is 0.816 bits per heavy atom. The highest BCUT2D eigenvalue weighted by Gasteiger charge is 2.33. The fourth-order valence-electron chi connectivity index (χ4n) is 5.04.